The van der Waals surface area contributed by atoms with Crippen molar-refractivity contribution in [2.24, 2.45) is 11.7 Å². The molecule has 0 unspecified atom stereocenters. The number of thiazole rings is 1. The van der Waals surface area contributed by atoms with Gasteiger partial charge in [0.15, 0.2) is 0 Å². The number of piperidine rings is 1. The van der Waals surface area contributed by atoms with Crippen LogP contribution in [0, 0.1) is 11.3 Å². The molecule has 5 heteroatoms. The summed E-state index contributed by atoms with van der Waals surface area (Å²) in [5.74, 6) is 0.640. The number of nitrogens with zero attached hydrogens (tertiary/aromatic N) is 2. The molecule has 2 rings (SSSR count). The number of amidine groups is 1. The number of nitrogens with two attached hydrogens (primary N) is 1. The zero-order valence-corrected chi connectivity index (χ0v) is 12.9. The highest BCUT2D eigenvalue weighted by atomic mass is 32.1. The normalized spacial score (nSPS) is 18.7. The molecule has 3 N–H and O–H groups in total. The van der Waals surface area contributed by atoms with Crippen LogP contribution in [-0.4, -0.2) is 28.8 Å². The summed E-state index contributed by atoms with van der Waals surface area (Å²) < 4.78 is 0. The standard InChI is InChI=1S/C14H24N4S/c1-14(2,3)11-9-19-12(17-11)8-18-6-4-10(5-7-18)13(15)16/h9-10H,4-8H2,1-3H3,(H3,15,16). The van der Waals surface area contributed by atoms with Crippen molar-refractivity contribution < 1.29 is 0 Å². The molecule has 0 atom stereocenters. The summed E-state index contributed by atoms with van der Waals surface area (Å²) in [6.45, 7) is 9.58. The molecule has 2 heterocycles. The van der Waals surface area contributed by atoms with Crippen molar-refractivity contribution in [3.05, 3.63) is 16.1 Å². The molecule has 4 nitrogen and oxygen atoms in total. The second-order valence-electron chi connectivity index (χ2n) is 6.38. The molecule has 0 aromatic carbocycles. The Morgan fingerprint density at radius 2 is 2.11 bits per heavy atom. The van der Waals surface area contributed by atoms with Crippen molar-refractivity contribution in [2.45, 2.75) is 45.6 Å². The number of aromatic nitrogens is 1. The second-order valence-corrected chi connectivity index (χ2v) is 7.32. The van der Waals surface area contributed by atoms with E-state index in [-0.39, 0.29) is 11.3 Å². The maximum absolute atomic E-state index is 7.50. The van der Waals surface area contributed by atoms with Crippen LogP contribution in [0.15, 0.2) is 5.38 Å². The van der Waals surface area contributed by atoms with Crippen molar-refractivity contribution in [1.29, 1.82) is 5.41 Å². The third-order valence-electron chi connectivity index (χ3n) is 3.71. The molecule has 0 bridgehead atoms. The van der Waals surface area contributed by atoms with Crippen LogP contribution in [0.5, 0.6) is 0 Å². The Kier molecular flexibility index (Phi) is 4.26. The lowest BCUT2D eigenvalue weighted by molar-refractivity contribution is 0.201. The predicted octanol–water partition coefficient (Wildman–Crippen LogP) is 2.59. The van der Waals surface area contributed by atoms with Crippen molar-refractivity contribution in [2.75, 3.05) is 13.1 Å². The van der Waals surface area contributed by atoms with E-state index in [9.17, 15) is 0 Å². The third-order valence-corrected chi connectivity index (χ3v) is 4.54. The average molecular weight is 280 g/mol. The van der Waals surface area contributed by atoms with Crippen LogP contribution >= 0.6 is 11.3 Å². The SMILES string of the molecule is CC(C)(C)c1csc(CN2CCC(C(=N)N)CC2)n1. The van der Waals surface area contributed by atoms with E-state index in [1.165, 1.54) is 10.7 Å². The van der Waals surface area contributed by atoms with Gasteiger partial charge in [-0.1, -0.05) is 20.8 Å². The van der Waals surface area contributed by atoms with Crippen LogP contribution in [0.2, 0.25) is 0 Å². The lowest BCUT2D eigenvalue weighted by atomic mass is 9.93. The van der Waals surface area contributed by atoms with Crippen molar-refractivity contribution >= 4 is 17.2 Å². The van der Waals surface area contributed by atoms with Crippen LogP contribution in [0.25, 0.3) is 0 Å². The van der Waals surface area contributed by atoms with Gasteiger partial charge < -0.3 is 5.73 Å². The molecule has 1 fully saturated rings. The fraction of sp³-hybridized carbons (Fsp3) is 0.714. The van der Waals surface area contributed by atoms with Gasteiger partial charge in [0.05, 0.1) is 18.1 Å². The number of nitrogens with one attached hydrogen (secondary N) is 1. The first-order chi connectivity index (χ1) is 8.86. The van der Waals surface area contributed by atoms with Gasteiger partial charge in [0, 0.05) is 16.7 Å². The molecule has 0 aliphatic carbocycles. The molecule has 0 amide bonds. The quantitative estimate of drug-likeness (QED) is 0.660. The summed E-state index contributed by atoms with van der Waals surface area (Å²) in [6, 6.07) is 0. The molecule has 1 aromatic rings. The van der Waals surface area contributed by atoms with Gasteiger partial charge in [-0.15, -0.1) is 11.3 Å². The minimum absolute atomic E-state index is 0.135. The van der Waals surface area contributed by atoms with Gasteiger partial charge in [-0.2, -0.15) is 0 Å². The van der Waals surface area contributed by atoms with E-state index >= 15 is 0 Å². The molecule has 1 aromatic heterocycles. The Hall–Kier alpha value is -0.940. The smallest absolute Gasteiger partial charge is 0.107 e. The van der Waals surface area contributed by atoms with E-state index in [0.717, 1.165) is 32.5 Å². The Morgan fingerprint density at radius 1 is 1.47 bits per heavy atom. The van der Waals surface area contributed by atoms with Crippen LogP contribution in [0.3, 0.4) is 0 Å². The minimum atomic E-state index is 0.135. The molecule has 1 aliphatic heterocycles. The summed E-state index contributed by atoms with van der Waals surface area (Å²) >= 11 is 1.76. The van der Waals surface area contributed by atoms with Gasteiger partial charge in [0.2, 0.25) is 0 Å². The molecule has 106 valence electrons. The van der Waals surface area contributed by atoms with E-state index in [0.29, 0.717) is 5.84 Å². The minimum Gasteiger partial charge on any atom is -0.387 e. The largest absolute Gasteiger partial charge is 0.387 e. The van der Waals surface area contributed by atoms with Crippen molar-refractivity contribution in [3.8, 4) is 0 Å². The first-order valence-corrected chi connectivity index (χ1v) is 7.75. The Balaban J connectivity index is 1.89. The average Bonchev–Trinajstić information content (AvgIpc) is 2.78. The number of hydrogen-bond donors (Lipinski definition) is 2. The molecule has 19 heavy (non-hydrogen) atoms. The fourth-order valence-electron chi connectivity index (χ4n) is 2.32. The van der Waals surface area contributed by atoms with Gasteiger partial charge in [0.25, 0.3) is 0 Å². The van der Waals surface area contributed by atoms with Crippen LogP contribution in [0.4, 0.5) is 0 Å². The van der Waals surface area contributed by atoms with Crippen LogP contribution < -0.4 is 5.73 Å². The number of rotatable bonds is 3. The topological polar surface area (TPSA) is 66.0 Å². The first kappa shape index (κ1) is 14.5. The first-order valence-electron chi connectivity index (χ1n) is 6.87. The zero-order chi connectivity index (χ0) is 14.0. The Bertz CT molecular complexity index is 439. The highest BCUT2D eigenvalue weighted by Gasteiger charge is 2.23. The predicted molar refractivity (Wildman–Crippen MR) is 80.7 cm³/mol. The fourth-order valence-corrected chi connectivity index (χ4v) is 3.38. The molecule has 0 saturated carbocycles. The molecule has 0 radical (unpaired) electrons. The molecule has 0 spiro atoms. The summed E-state index contributed by atoms with van der Waals surface area (Å²) in [6.07, 6.45) is 2.01. The highest BCUT2D eigenvalue weighted by Crippen LogP contribution is 2.25. The molecular weight excluding hydrogens is 256 g/mol. The van der Waals surface area contributed by atoms with Crippen molar-refractivity contribution in [1.82, 2.24) is 9.88 Å². The van der Waals surface area contributed by atoms with Gasteiger partial charge >= 0.3 is 0 Å². The summed E-state index contributed by atoms with van der Waals surface area (Å²) in [5.41, 5.74) is 6.89. The number of likely N-dealkylation sites (tertiary alicyclic amines) is 1. The van der Waals surface area contributed by atoms with Gasteiger partial charge in [-0.25, -0.2) is 4.98 Å². The Labute approximate surface area is 119 Å². The molecule has 1 aliphatic rings. The van der Waals surface area contributed by atoms with E-state index in [1.54, 1.807) is 11.3 Å². The zero-order valence-electron chi connectivity index (χ0n) is 12.1. The van der Waals surface area contributed by atoms with E-state index in [1.807, 2.05) is 0 Å². The van der Waals surface area contributed by atoms with Crippen LogP contribution in [-0.2, 0) is 12.0 Å². The molecular formula is C14H24N4S. The van der Waals surface area contributed by atoms with E-state index in [4.69, 9.17) is 16.1 Å². The lowest BCUT2D eigenvalue weighted by Gasteiger charge is -2.30. The van der Waals surface area contributed by atoms with Crippen LogP contribution in [0.1, 0.15) is 44.3 Å². The Morgan fingerprint density at radius 3 is 2.58 bits per heavy atom. The highest BCUT2D eigenvalue weighted by molar-refractivity contribution is 7.09. The third kappa shape index (κ3) is 3.76. The maximum Gasteiger partial charge on any atom is 0.107 e. The summed E-state index contributed by atoms with van der Waals surface area (Å²) in [7, 11) is 0. The monoisotopic (exact) mass is 280 g/mol. The number of hydrogen-bond acceptors (Lipinski definition) is 4. The molecule has 1 saturated heterocycles. The van der Waals surface area contributed by atoms with E-state index in [2.05, 4.69) is 31.1 Å². The van der Waals surface area contributed by atoms with Gasteiger partial charge in [-0.05, 0) is 25.9 Å². The summed E-state index contributed by atoms with van der Waals surface area (Å²) in [4.78, 5) is 7.16. The second kappa shape index (κ2) is 5.59. The van der Waals surface area contributed by atoms with Gasteiger partial charge in [-0.3, -0.25) is 10.3 Å². The van der Waals surface area contributed by atoms with Gasteiger partial charge in [0.1, 0.15) is 5.01 Å². The summed E-state index contributed by atoms with van der Waals surface area (Å²) in [5, 5.41) is 10.9. The maximum atomic E-state index is 7.50. The lowest BCUT2D eigenvalue weighted by Crippen LogP contribution is -2.37. The van der Waals surface area contributed by atoms with E-state index < -0.39 is 0 Å². The van der Waals surface area contributed by atoms with Crippen molar-refractivity contribution in [3.63, 3.8) is 0 Å².